The smallest absolute Gasteiger partial charge is 0.242 e. The van der Waals surface area contributed by atoms with Crippen molar-refractivity contribution in [2.24, 2.45) is 5.73 Å². The lowest BCUT2D eigenvalue weighted by Crippen LogP contribution is -2.66. The largest absolute Gasteiger partial charge is 0.465 e. The van der Waals surface area contributed by atoms with Gasteiger partial charge in [0.25, 0.3) is 0 Å². The number of benzene rings is 2. The Balaban J connectivity index is 1.66. The van der Waals surface area contributed by atoms with Crippen LogP contribution in [0.1, 0.15) is 25.8 Å². The molecular weight excluding hydrogens is 404 g/mol. The van der Waals surface area contributed by atoms with Crippen LogP contribution in [0.15, 0.2) is 60.7 Å². The molecule has 1 heterocycles. The lowest BCUT2D eigenvalue weighted by molar-refractivity contribution is -0.166. The first-order valence-corrected chi connectivity index (χ1v) is 11.1. The van der Waals surface area contributed by atoms with Crippen LogP contribution >= 0.6 is 0 Å². The molecule has 1 saturated heterocycles. The molecule has 5 atom stereocenters. The normalized spacial score (nSPS) is 20.0. The summed E-state index contributed by atoms with van der Waals surface area (Å²) in [6, 6.07) is 17.5. The average molecular weight is 431 g/mol. The number of carbonyl (C=O) groups is 2. The van der Waals surface area contributed by atoms with E-state index >= 15 is 0 Å². The van der Waals surface area contributed by atoms with Crippen molar-refractivity contribution in [1.29, 1.82) is 0 Å². The molecule has 2 aromatic carbocycles. The van der Waals surface area contributed by atoms with Crippen molar-refractivity contribution in [3.8, 4) is 5.75 Å². The Morgan fingerprint density at radius 3 is 2.30 bits per heavy atom. The summed E-state index contributed by atoms with van der Waals surface area (Å²) in [4.78, 5) is 25.8. The maximum Gasteiger partial charge on any atom is 0.242 e. The molecule has 1 aliphatic rings. The molecule has 2 N–H and O–H groups in total. The van der Waals surface area contributed by atoms with E-state index in [9.17, 15) is 13.8 Å². The number of primary amides is 1. The maximum atomic E-state index is 12.9. The molecule has 0 bridgehead atoms. The van der Waals surface area contributed by atoms with Gasteiger partial charge < -0.3 is 20.1 Å². The number of rotatable bonds is 10. The summed E-state index contributed by atoms with van der Waals surface area (Å²) in [5.74, 6) is -0.0556. The van der Waals surface area contributed by atoms with Crippen LogP contribution in [-0.2, 0) is 30.9 Å². The zero-order valence-electron chi connectivity index (χ0n) is 17.0. The number of likely N-dealkylation sites (tertiary alicyclic amines) is 1. The van der Waals surface area contributed by atoms with Gasteiger partial charge in [-0.3, -0.25) is 13.8 Å². The molecule has 3 rings (SSSR count). The number of ether oxygens (including phenoxy) is 2. The third kappa shape index (κ3) is 5.25. The number of nitrogens with two attached hydrogens (primary N) is 1. The molecule has 2 amide bonds. The lowest BCUT2D eigenvalue weighted by atomic mass is 10.0. The lowest BCUT2D eigenvalue weighted by Gasteiger charge is -2.45. The van der Waals surface area contributed by atoms with Crippen LogP contribution in [0.4, 0.5) is 0 Å². The van der Waals surface area contributed by atoms with Crippen LogP contribution in [-0.4, -0.2) is 44.7 Å². The molecule has 8 heteroatoms. The van der Waals surface area contributed by atoms with E-state index in [1.807, 2.05) is 48.5 Å². The molecule has 0 radical (unpaired) electrons. The monoisotopic (exact) mass is 430 g/mol. The van der Waals surface area contributed by atoms with Crippen LogP contribution in [0.5, 0.6) is 5.75 Å². The molecule has 1 fully saturated rings. The van der Waals surface area contributed by atoms with Crippen molar-refractivity contribution < 1.29 is 23.3 Å². The van der Waals surface area contributed by atoms with E-state index in [4.69, 9.17) is 15.2 Å². The summed E-state index contributed by atoms with van der Waals surface area (Å²) in [7, 11) is -1.37. The van der Waals surface area contributed by atoms with Gasteiger partial charge in [0.2, 0.25) is 11.8 Å². The van der Waals surface area contributed by atoms with Crippen molar-refractivity contribution in [1.82, 2.24) is 4.90 Å². The van der Waals surface area contributed by atoms with Crippen LogP contribution in [0.3, 0.4) is 0 Å². The Morgan fingerprint density at radius 2 is 1.73 bits per heavy atom. The first-order chi connectivity index (χ1) is 14.4. The van der Waals surface area contributed by atoms with E-state index in [0.717, 1.165) is 5.56 Å². The van der Waals surface area contributed by atoms with E-state index in [0.29, 0.717) is 11.5 Å². The molecule has 0 aromatic heterocycles. The van der Waals surface area contributed by atoms with Crippen LogP contribution in [0.2, 0.25) is 0 Å². The van der Waals surface area contributed by atoms with Gasteiger partial charge in [-0.1, -0.05) is 48.5 Å². The standard InChI is InChI=1S/C22H26N2O5S/c1-15(28-16(2)29-18-11-7-4-8-12-18)21(22(23)26)24-19(25)13-20(24)30(27)14-17-9-5-3-6-10-17/h3-12,15-16,20-21H,13-14H2,1-2H3,(H2,23,26). The van der Waals surface area contributed by atoms with Crippen LogP contribution in [0, 0.1) is 0 Å². The highest BCUT2D eigenvalue weighted by Gasteiger charge is 2.48. The molecule has 2 aromatic rings. The minimum absolute atomic E-state index is 0.117. The fourth-order valence-corrected chi connectivity index (χ4v) is 5.02. The number of carbonyl (C=O) groups excluding carboxylic acids is 2. The molecular formula is C22H26N2O5S. The number of nitrogens with zero attached hydrogens (tertiary/aromatic N) is 1. The molecule has 160 valence electrons. The third-order valence-corrected chi connectivity index (χ3v) is 6.51. The van der Waals surface area contributed by atoms with Crippen molar-refractivity contribution in [2.45, 2.75) is 49.8 Å². The highest BCUT2D eigenvalue weighted by Crippen LogP contribution is 2.29. The summed E-state index contributed by atoms with van der Waals surface area (Å²) in [5, 5.41) is -0.577. The number of β-lactam (4-membered cyclic amide) rings is 1. The number of amides is 2. The number of hydrogen-bond donors (Lipinski definition) is 1. The SMILES string of the molecule is CC(Oc1ccccc1)OC(C)C(C(N)=O)N1C(=O)CC1S(=O)Cc1ccccc1. The molecule has 0 aliphatic carbocycles. The van der Waals surface area contributed by atoms with Gasteiger partial charge in [-0.05, 0) is 31.5 Å². The number of para-hydroxylation sites is 1. The Hall–Kier alpha value is -2.71. The van der Waals surface area contributed by atoms with E-state index in [-0.39, 0.29) is 12.3 Å². The molecule has 0 spiro atoms. The van der Waals surface area contributed by atoms with Crippen molar-refractivity contribution in [2.75, 3.05) is 0 Å². The van der Waals surface area contributed by atoms with Crippen molar-refractivity contribution in [3.05, 3.63) is 66.2 Å². The second-order valence-corrected chi connectivity index (χ2v) is 8.75. The first kappa shape index (κ1) is 22.0. The summed E-state index contributed by atoms with van der Waals surface area (Å²) >= 11 is 0. The second kappa shape index (κ2) is 9.86. The van der Waals surface area contributed by atoms with Gasteiger partial charge in [0.05, 0.1) is 18.3 Å². The number of hydrogen-bond acceptors (Lipinski definition) is 5. The predicted octanol–water partition coefficient (Wildman–Crippen LogP) is 2.18. The van der Waals surface area contributed by atoms with Gasteiger partial charge in [-0.15, -0.1) is 0 Å². The Kier molecular flexibility index (Phi) is 7.23. The summed E-state index contributed by atoms with van der Waals surface area (Å²) in [6.07, 6.45) is -1.29. The molecule has 1 aliphatic heterocycles. The molecule has 0 saturated carbocycles. The van der Waals surface area contributed by atoms with Gasteiger partial charge in [0.15, 0.2) is 6.29 Å². The fraction of sp³-hybridized carbons (Fsp3) is 0.364. The van der Waals surface area contributed by atoms with Crippen molar-refractivity contribution in [3.63, 3.8) is 0 Å². The zero-order chi connectivity index (χ0) is 21.7. The Labute approximate surface area is 178 Å². The summed E-state index contributed by atoms with van der Waals surface area (Å²) < 4.78 is 24.4. The van der Waals surface area contributed by atoms with E-state index in [1.165, 1.54) is 4.90 Å². The topological polar surface area (TPSA) is 98.9 Å². The minimum Gasteiger partial charge on any atom is -0.465 e. The second-order valence-electron chi connectivity index (χ2n) is 7.16. The highest BCUT2D eigenvalue weighted by molar-refractivity contribution is 7.85. The minimum atomic E-state index is -1.37. The fourth-order valence-electron chi connectivity index (χ4n) is 3.48. The zero-order valence-corrected chi connectivity index (χ0v) is 17.8. The Bertz CT molecular complexity index is 893. The van der Waals surface area contributed by atoms with Gasteiger partial charge in [0.1, 0.15) is 17.2 Å². The van der Waals surface area contributed by atoms with E-state index in [1.54, 1.807) is 26.0 Å². The van der Waals surface area contributed by atoms with Gasteiger partial charge in [-0.2, -0.15) is 0 Å². The summed E-state index contributed by atoms with van der Waals surface area (Å²) in [5.41, 5.74) is 6.50. The van der Waals surface area contributed by atoms with Crippen LogP contribution < -0.4 is 10.5 Å². The molecule has 30 heavy (non-hydrogen) atoms. The van der Waals surface area contributed by atoms with Gasteiger partial charge in [-0.25, -0.2) is 0 Å². The maximum absolute atomic E-state index is 12.9. The highest BCUT2D eigenvalue weighted by atomic mass is 32.2. The summed E-state index contributed by atoms with van der Waals surface area (Å²) in [6.45, 7) is 3.35. The molecule has 7 nitrogen and oxygen atoms in total. The first-order valence-electron chi connectivity index (χ1n) is 9.75. The van der Waals surface area contributed by atoms with Gasteiger partial charge in [0, 0.05) is 10.8 Å². The predicted molar refractivity (Wildman–Crippen MR) is 114 cm³/mol. The van der Waals surface area contributed by atoms with E-state index < -0.39 is 40.5 Å². The quantitative estimate of drug-likeness (QED) is 0.460. The van der Waals surface area contributed by atoms with Crippen LogP contribution in [0.25, 0.3) is 0 Å². The Morgan fingerprint density at radius 1 is 1.13 bits per heavy atom. The third-order valence-electron chi connectivity index (χ3n) is 4.89. The average Bonchev–Trinajstić information content (AvgIpc) is 2.70. The molecule has 5 unspecified atom stereocenters. The van der Waals surface area contributed by atoms with Gasteiger partial charge >= 0.3 is 0 Å². The van der Waals surface area contributed by atoms with E-state index in [2.05, 4.69) is 0 Å². The van der Waals surface area contributed by atoms with Crippen molar-refractivity contribution >= 4 is 22.6 Å².